The molecule has 2 aromatic rings. The number of methoxy groups -OCH3 is 1. The van der Waals surface area contributed by atoms with Crippen LogP contribution in [0.1, 0.15) is 40.6 Å². The second-order valence-electron chi connectivity index (χ2n) is 4.84. The van der Waals surface area contributed by atoms with Crippen LogP contribution in [0.5, 0.6) is 0 Å². The third-order valence-corrected chi connectivity index (χ3v) is 3.59. The first-order chi connectivity index (χ1) is 10.2. The SMILES string of the molecule is COC(=O)c1nc(C2CC2)nc(NCc2ccoc2)c1Cl. The van der Waals surface area contributed by atoms with Gasteiger partial charge in [0.25, 0.3) is 0 Å². The summed E-state index contributed by atoms with van der Waals surface area (Å²) in [7, 11) is 1.30. The maximum absolute atomic E-state index is 11.8. The largest absolute Gasteiger partial charge is 0.472 e. The number of nitrogens with zero attached hydrogens (tertiary/aromatic N) is 2. The van der Waals surface area contributed by atoms with Crippen molar-refractivity contribution < 1.29 is 13.9 Å². The van der Waals surface area contributed by atoms with Crippen molar-refractivity contribution in [1.29, 1.82) is 0 Å². The third-order valence-electron chi connectivity index (χ3n) is 3.23. The summed E-state index contributed by atoms with van der Waals surface area (Å²) in [6.45, 7) is 0.498. The van der Waals surface area contributed by atoms with E-state index in [1.807, 2.05) is 6.07 Å². The summed E-state index contributed by atoms with van der Waals surface area (Å²) in [5.41, 5.74) is 1.06. The van der Waals surface area contributed by atoms with E-state index in [2.05, 4.69) is 15.3 Å². The molecule has 0 aromatic carbocycles. The van der Waals surface area contributed by atoms with Crippen molar-refractivity contribution in [3.05, 3.63) is 40.7 Å². The predicted molar refractivity (Wildman–Crippen MR) is 76.4 cm³/mol. The van der Waals surface area contributed by atoms with Crippen LogP contribution in [0.15, 0.2) is 23.0 Å². The van der Waals surface area contributed by atoms with Gasteiger partial charge >= 0.3 is 5.97 Å². The number of aromatic nitrogens is 2. The Morgan fingerprint density at radius 1 is 1.52 bits per heavy atom. The van der Waals surface area contributed by atoms with E-state index >= 15 is 0 Å². The Morgan fingerprint density at radius 3 is 2.95 bits per heavy atom. The Labute approximate surface area is 126 Å². The molecule has 0 atom stereocenters. The van der Waals surface area contributed by atoms with Crippen LogP contribution in [0.4, 0.5) is 5.82 Å². The van der Waals surface area contributed by atoms with Crippen LogP contribution in [0.25, 0.3) is 0 Å². The maximum atomic E-state index is 11.8. The highest BCUT2D eigenvalue weighted by molar-refractivity contribution is 6.35. The van der Waals surface area contributed by atoms with E-state index in [4.69, 9.17) is 20.8 Å². The van der Waals surface area contributed by atoms with Gasteiger partial charge in [0, 0.05) is 18.0 Å². The molecule has 0 radical (unpaired) electrons. The number of halogens is 1. The van der Waals surface area contributed by atoms with E-state index in [9.17, 15) is 4.79 Å². The molecule has 2 aromatic heterocycles. The lowest BCUT2D eigenvalue weighted by molar-refractivity contribution is 0.0593. The summed E-state index contributed by atoms with van der Waals surface area (Å²) in [6.07, 6.45) is 5.28. The van der Waals surface area contributed by atoms with Gasteiger partial charge in [0.1, 0.15) is 16.7 Å². The van der Waals surface area contributed by atoms with Crippen molar-refractivity contribution in [1.82, 2.24) is 9.97 Å². The lowest BCUT2D eigenvalue weighted by Crippen LogP contribution is -2.12. The van der Waals surface area contributed by atoms with Crippen LogP contribution >= 0.6 is 11.6 Å². The normalized spacial score (nSPS) is 14.0. The summed E-state index contributed by atoms with van der Waals surface area (Å²) in [4.78, 5) is 20.4. The number of furan rings is 1. The average molecular weight is 308 g/mol. The van der Waals surface area contributed by atoms with Crippen LogP contribution in [-0.2, 0) is 11.3 Å². The summed E-state index contributed by atoms with van der Waals surface area (Å²) in [5, 5.41) is 3.28. The molecule has 1 fully saturated rings. The van der Waals surface area contributed by atoms with Crippen LogP contribution in [-0.4, -0.2) is 23.0 Å². The minimum absolute atomic E-state index is 0.103. The molecule has 1 N–H and O–H groups in total. The fraction of sp³-hybridized carbons (Fsp3) is 0.357. The van der Waals surface area contributed by atoms with E-state index in [-0.39, 0.29) is 10.7 Å². The Hall–Kier alpha value is -2.08. The number of esters is 1. The molecule has 0 spiro atoms. The van der Waals surface area contributed by atoms with Gasteiger partial charge in [0.05, 0.1) is 19.6 Å². The monoisotopic (exact) mass is 307 g/mol. The van der Waals surface area contributed by atoms with Crippen molar-refractivity contribution in [3.8, 4) is 0 Å². The molecule has 0 unspecified atom stereocenters. The molecule has 21 heavy (non-hydrogen) atoms. The summed E-state index contributed by atoms with van der Waals surface area (Å²) < 4.78 is 9.73. The van der Waals surface area contributed by atoms with Gasteiger partial charge in [-0.25, -0.2) is 14.8 Å². The Bertz CT molecular complexity index is 654. The Morgan fingerprint density at radius 2 is 2.33 bits per heavy atom. The number of hydrogen-bond acceptors (Lipinski definition) is 6. The van der Waals surface area contributed by atoms with Gasteiger partial charge in [0.2, 0.25) is 0 Å². The average Bonchev–Trinajstić information content (AvgIpc) is 3.22. The van der Waals surface area contributed by atoms with Gasteiger partial charge in [-0.05, 0) is 18.9 Å². The van der Waals surface area contributed by atoms with Gasteiger partial charge in [-0.2, -0.15) is 0 Å². The molecule has 1 saturated carbocycles. The molecular formula is C14H14ClN3O3. The van der Waals surface area contributed by atoms with Crippen LogP contribution in [0, 0.1) is 0 Å². The summed E-state index contributed by atoms with van der Waals surface area (Å²) in [6, 6.07) is 1.84. The molecular weight excluding hydrogens is 294 g/mol. The predicted octanol–water partition coefficient (Wildman–Crippen LogP) is 3.00. The number of hydrogen-bond donors (Lipinski definition) is 1. The van der Waals surface area contributed by atoms with Gasteiger partial charge in [-0.15, -0.1) is 0 Å². The van der Waals surface area contributed by atoms with Crippen molar-refractivity contribution in [2.75, 3.05) is 12.4 Å². The molecule has 0 amide bonds. The van der Waals surface area contributed by atoms with E-state index in [0.717, 1.165) is 18.4 Å². The third kappa shape index (κ3) is 3.00. The van der Waals surface area contributed by atoms with E-state index in [0.29, 0.717) is 24.1 Å². The first-order valence-corrected chi connectivity index (χ1v) is 6.97. The molecule has 0 aliphatic heterocycles. The zero-order valence-electron chi connectivity index (χ0n) is 11.4. The van der Waals surface area contributed by atoms with E-state index in [1.165, 1.54) is 7.11 Å². The lowest BCUT2D eigenvalue weighted by Gasteiger charge is -2.11. The first-order valence-electron chi connectivity index (χ1n) is 6.59. The topological polar surface area (TPSA) is 77.2 Å². The molecule has 110 valence electrons. The zero-order valence-corrected chi connectivity index (χ0v) is 12.2. The van der Waals surface area contributed by atoms with E-state index in [1.54, 1.807) is 12.5 Å². The van der Waals surface area contributed by atoms with Gasteiger partial charge < -0.3 is 14.5 Å². The van der Waals surface area contributed by atoms with Crippen LogP contribution in [0.3, 0.4) is 0 Å². The van der Waals surface area contributed by atoms with E-state index < -0.39 is 5.97 Å². The molecule has 0 bridgehead atoms. The van der Waals surface area contributed by atoms with Crippen LogP contribution < -0.4 is 5.32 Å². The molecule has 3 rings (SSSR count). The summed E-state index contributed by atoms with van der Waals surface area (Å²) in [5.74, 6) is 0.820. The fourth-order valence-corrected chi connectivity index (χ4v) is 2.15. The fourth-order valence-electron chi connectivity index (χ4n) is 1.92. The van der Waals surface area contributed by atoms with Gasteiger partial charge in [0.15, 0.2) is 5.69 Å². The number of nitrogens with one attached hydrogen (secondary N) is 1. The minimum atomic E-state index is -0.560. The molecule has 7 heteroatoms. The van der Waals surface area contributed by atoms with Gasteiger partial charge in [-0.1, -0.05) is 11.6 Å². The molecule has 1 aliphatic carbocycles. The standard InChI is InChI=1S/C14H14ClN3O3/c1-20-14(19)11-10(15)13(16-6-8-4-5-21-7-8)18-12(17-11)9-2-3-9/h4-5,7,9H,2-3,6H2,1H3,(H,16,17,18). The highest BCUT2D eigenvalue weighted by atomic mass is 35.5. The minimum Gasteiger partial charge on any atom is -0.472 e. The number of carbonyl (C=O) groups excluding carboxylic acids is 1. The zero-order chi connectivity index (χ0) is 14.8. The Balaban J connectivity index is 1.89. The lowest BCUT2D eigenvalue weighted by atomic mass is 10.3. The molecule has 6 nitrogen and oxygen atoms in total. The molecule has 0 saturated heterocycles. The number of ether oxygens (including phenoxy) is 1. The first kappa shape index (κ1) is 13.9. The molecule has 1 aliphatic rings. The second kappa shape index (κ2) is 5.73. The number of anilines is 1. The van der Waals surface area contributed by atoms with Crippen molar-refractivity contribution in [2.45, 2.75) is 25.3 Å². The van der Waals surface area contributed by atoms with Crippen LogP contribution in [0.2, 0.25) is 5.02 Å². The smallest absolute Gasteiger partial charge is 0.358 e. The van der Waals surface area contributed by atoms with Crippen molar-refractivity contribution in [2.24, 2.45) is 0 Å². The van der Waals surface area contributed by atoms with Gasteiger partial charge in [-0.3, -0.25) is 0 Å². The van der Waals surface area contributed by atoms with Crippen molar-refractivity contribution >= 4 is 23.4 Å². The number of carbonyl (C=O) groups is 1. The highest BCUT2D eigenvalue weighted by Crippen LogP contribution is 2.39. The highest BCUT2D eigenvalue weighted by Gasteiger charge is 2.30. The quantitative estimate of drug-likeness (QED) is 0.856. The maximum Gasteiger partial charge on any atom is 0.358 e. The second-order valence-corrected chi connectivity index (χ2v) is 5.22. The summed E-state index contributed by atoms with van der Waals surface area (Å²) >= 11 is 6.21. The van der Waals surface area contributed by atoms with Crippen molar-refractivity contribution in [3.63, 3.8) is 0 Å². The number of rotatable bonds is 5. The Kier molecular flexibility index (Phi) is 3.79. The molecule has 2 heterocycles.